The van der Waals surface area contributed by atoms with Gasteiger partial charge in [0, 0.05) is 11.6 Å². The van der Waals surface area contributed by atoms with Gasteiger partial charge in [-0.15, -0.1) is 0 Å². The minimum absolute atomic E-state index is 0.0582. The SMILES string of the molecule is Cc1noc(C)c1CC(C)NC(=O)NOCc1ccccc1. The first kappa shape index (κ1) is 16.0. The fourth-order valence-electron chi connectivity index (χ4n) is 2.16. The van der Waals surface area contributed by atoms with E-state index in [1.807, 2.05) is 51.1 Å². The fourth-order valence-corrected chi connectivity index (χ4v) is 2.16. The number of carbonyl (C=O) groups is 1. The lowest BCUT2D eigenvalue weighted by Gasteiger charge is -2.14. The van der Waals surface area contributed by atoms with E-state index in [4.69, 9.17) is 9.36 Å². The molecule has 2 amide bonds. The minimum Gasteiger partial charge on any atom is -0.361 e. The van der Waals surface area contributed by atoms with E-state index in [0.717, 1.165) is 22.6 Å². The van der Waals surface area contributed by atoms with Gasteiger partial charge in [-0.25, -0.2) is 10.3 Å². The van der Waals surface area contributed by atoms with E-state index in [0.29, 0.717) is 13.0 Å². The van der Waals surface area contributed by atoms with Crippen molar-refractivity contribution in [3.05, 3.63) is 52.9 Å². The van der Waals surface area contributed by atoms with Gasteiger partial charge in [-0.2, -0.15) is 0 Å². The molecule has 0 aliphatic heterocycles. The summed E-state index contributed by atoms with van der Waals surface area (Å²) in [4.78, 5) is 16.9. The van der Waals surface area contributed by atoms with Crippen LogP contribution in [0.15, 0.2) is 34.9 Å². The highest BCUT2D eigenvalue weighted by Crippen LogP contribution is 2.14. The molecule has 118 valence electrons. The van der Waals surface area contributed by atoms with Crippen LogP contribution in [0.1, 0.15) is 29.5 Å². The molecule has 0 radical (unpaired) electrons. The molecule has 22 heavy (non-hydrogen) atoms. The summed E-state index contributed by atoms with van der Waals surface area (Å²) < 4.78 is 5.11. The number of aromatic nitrogens is 1. The Morgan fingerprint density at radius 1 is 1.32 bits per heavy atom. The molecule has 0 spiro atoms. The number of benzene rings is 1. The number of hydroxylamine groups is 1. The van der Waals surface area contributed by atoms with Crippen molar-refractivity contribution in [2.24, 2.45) is 0 Å². The van der Waals surface area contributed by atoms with Crippen LogP contribution < -0.4 is 10.8 Å². The van der Waals surface area contributed by atoms with Crippen LogP contribution in [0, 0.1) is 13.8 Å². The van der Waals surface area contributed by atoms with Gasteiger partial charge in [0.05, 0.1) is 12.3 Å². The number of carbonyl (C=O) groups excluding carboxylic acids is 1. The molecule has 0 bridgehead atoms. The Balaban J connectivity index is 1.72. The van der Waals surface area contributed by atoms with Gasteiger partial charge >= 0.3 is 6.03 Å². The van der Waals surface area contributed by atoms with Crippen LogP contribution in [0.5, 0.6) is 0 Å². The second kappa shape index (κ2) is 7.61. The number of hydrogen-bond acceptors (Lipinski definition) is 4. The molecular formula is C16H21N3O3. The third-order valence-corrected chi connectivity index (χ3v) is 3.32. The number of urea groups is 1. The molecule has 2 aromatic rings. The van der Waals surface area contributed by atoms with Crippen LogP contribution in [0.2, 0.25) is 0 Å². The van der Waals surface area contributed by atoms with E-state index in [9.17, 15) is 4.79 Å². The van der Waals surface area contributed by atoms with Gasteiger partial charge in [-0.05, 0) is 32.8 Å². The molecule has 6 nitrogen and oxygen atoms in total. The predicted octanol–water partition coefficient (Wildman–Crippen LogP) is 2.65. The number of amides is 2. The predicted molar refractivity (Wildman–Crippen MR) is 82.0 cm³/mol. The first-order chi connectivity index (χ1) is 10.6. The molecule has 2 N–H and O–H groups in total. The Bertz CT molecular complexity index is 591. The highest BCUT2D eigenvalue weighted by Gasteiger charge is 2.14. The third kappa shape index (κ3) is 4.60. The van der Waals surface area contributed by atoms with E-state index in [1.54, 1.807) is 0 Å². The van der Waals surface area contributed by atoms with E-state index in [1.165, 1.54) is 0 Å². The summed E-state index contributed by atoms with van der Waals surface area (Å²) in [5.41, 5.74) is 5.25. The molecule has 1 aromatic carbocycles. The maximum Gasteiger partial charge on any atom is 0.338 e. The lowest BCUT2D eigenvalue weighted by Crippen LogP contribution is -2.41. The lowest BCUT2D eigenvalue weighted by atomic mass is 10.1. The van der Waals surface area contributed by atoms with Gasteiger partial charge < -0.3 is 9.84 Å². The molecule has 1 unspecified atom stereocenters. The maximum atomic E-state index is 11.8. The zero-order valence-electron chi connectivity index (χ0n) is 13.1. The molecule has 0 saturated carbocycles. The van der Waals surface area contributed by atoms with Crippen LogP contribution in [-0.4, -0.2) is 17.2 Å². The fraction of sp³-hybridized carbons (Fsp3) is 0.375. The Kier molecular flexibility index (Phi) is 5.55. The first-order valence-corrected chi connectivity index (χ1v) is 7.20. The lowest BCUT2D eigenvalue weighted by molar-refractivity contribution is 0.0483. The smallest absolute Gasteiger partial charge is 0.338 e. The number of nitrogens with one attached hydrogen (secondary N) is 2. The van der Waals surface area contributed by atoms with Gasteiger partial charge in [-0.3, -0.25) is 4.84 Å². The van der Waals surface area contributed by atoms with Gasteiger partial charge in [0.2, 0.25) is 0 Å². The average Bonchev–Trinajstić information content (AvgIpc) is 2.80. The Labute approximate surface area is 129 Å². The Morgan fingerprint density at radius 2 is 2.05 bits per heavy atom. The molecule has 0 saturated heterocycles. The first-order valence-electron chi connectivity index (χ1n) is 7.20. The van der Waals surface area contributed by atoms with Crippen LogP contribution in [0.25, 0.3) is 0 Å². The summed E-state index contributed by atoms with van der Waals surface area (Å²) in [6.45, 7) is 6.00. The Hall–Kier alpha value is -2.34. The molecule has 0 aliphatic rings. The summed E-state index contributed by atoms with van der Waals surface area (Å²) in [5, 5.41) is 6.72. The van der Waals surface area contributed by atoms with Gasteiger partial charge in [0.25, 0.3) is 0 Å². The van der Waals surface area contributed by atoms with Gasteiger partial charge in [0.15, 0.2) is 0 Å². The van der Waals surface area contributed by atoms with Crippen molar-refractivity contribution in [1.82, 2.24) is 16.0 Å². The van der Waals surface area contributed by atoms with Crippen molar-refractivity contribution in [3.8, 4) is 0 Å². The number of rotatable bonds is 6. The summed E-state index contributed by atoms with van der Waals surface area (Å²) in [5.74, 6) is 0.784. The van der Waals surface area contributed by atoms with E-state index < -0.39 is 0 Å². The average molecular weight is 303 g/mol. The number of nitrogens with zero attached hydrogens (tertiary/aromatic N) is 1. The van der Waals surface area contributed by atoms with Crippen LogP contribution in [-0.2, 0) is 17.9 Å². The summed E-state index contributed by atoms with van der Waals surface area (Å²) >= 11 is 0. The minimum atomic E-state index is -0.366. The van der Waals surface area contributed by atoms with Crippen molar-refractivity contribution in [1.29, 1.82) is 0 Å². The van der Waals surface area contributed by atoms with E-state index in [-0.39, 0.29) is 12.1 Å². The molecule has 2 rings (SSSR count). The zero-order chi connectivity index (χ0) is 15.9. The van der Waals surface area contributed by atoms with E-state index >= 15 is 0 Å². The highest BCUT2D eigenvalue weighted by atomic mass is 16.7. The van der Waals surface area contributed by atoms with Crippen molar-refractivity contribution in [3.63, 3.8) is 0 Å². The van der Waals surface area contributed by atoms with Crippen LogP contribution in [0.4, 0.5) is 4.79 Å². The standard InChI is InChI=1S/C16H21N3O3/c1-11(9-15-12(2)18-22-13(15)3)17-16(20)19-21-10-14-7-5-4-6-8-14/h4-8,11H,9-10H2,1-3H3,(H2,17,19,20). The highest BCUT2D eigenvalue weighted by molar-refractivity contribution is 5.73. The third-order valence-electron chi connectivity index (χ3n) is 3.32. The second-order valence-corrected chi connectivity index (χ2v) is 5.26. The van der Waals surface area contributed by atoms with Gasteiger partial charge in [-0.1, -0.05) is 35.5 Å². The van der Waals surface area contributed by atoms with Crippen molar-refractivity contribution < 1.29 is 14.2 Å². The monoisotopic (exact) mass is 303 g/mol. The van der Waals surface area contributed by atoms with Crippen molar-refractivity contribution >= 4 is 6.03 Å². The Morgan fingerprint density at radius 3 is 2.68 bits per heavy atom. The molecule has 1 heterocycles. The molecular weight excluding hydrogens is 282 g/mol. The van der Waals surface area contributed by atoms with Crippen molar-refractivity contribution in [2.45, 2.75) is 39.8 Å². The van der Waals surface area contributed by atoms with Crippen LogP contribution in [0.3, 0.4) is 0 Å². The topological polar surface area (TPSA) is 76.4 Å². The molecule has 1 atom stereocenters. The molecule has 0 aliphatic carbocycles. The summed E-state index contributed by atoms with van der Waals surface area (Å²) in [7, 11) is 0. The quantitative estimate of drug-likeness (QED) is 0.804. The van der Waals surface area contributed by atoms with Crippen LogP contribution >= 0.6 is 0 Å². The summed E-state index contributed by atoms with van der Waals surface area (Å²) in [6, 6.07) is 9.21. The maximum absolute atomic E-state index is 11.8. The zero-order valence-corrected chi connectivity index (χ0v) is 13.1. The normalized spacial score (nSPS) is 12.0. The largest absolute Gasteiger partial charge is 0.361 e. The molecule has 1 aromatic heterocycles. The number of hydrogen-bond donors (Lipinski definition) is 2. The van der Waals surface area contributed by atoms with E-state index in [2.05, 4.69) is 16.0 Å². The summed E-state index contributed by atoms with van der Waals surface area (Å²) in [6.07, 6.45) is 0.660. The second-order valence-electron chi connectivity index (χ2n) is 5.26. The molecule has 6 heteroatoms. The van der Waals surface area contributed by atoms with Gasteiger partial charge in [0.1, 0.15) is 5.76 Å². The van der Waals surface area contributed by atoms with Crippen molar-refractivity contribution in [2.75, 3.05) is 0 Å². The molecule has 0 fully saturated rings. The number of aryl methyl sites for hydroxylation is 2.